The van der Waals surface area contributed by atoms with Crippen LogP contribution in [-0.4, -0.2) is 29.1 Å². The molecule has 0 aliphatic carbocycles. The molecule has 2 rings (SSSR count). The highest BCUT2D eigenvalue weighted by Crippen LogP contribution is 2.26. The lowest BCUT2D eigenvalue weighted by Gasteiger charge is -2.29. The smallest absolute Gasteiger partial charge is 0.331 e. The third-order valence-corrected chi connectivity index (χ3v) is 3.66. The van der Waals surface area contributed by atoms with Gasteiger partial charge in [-0.2, -0.15) is 4.98 Å². The van der Waals surface area contributed by atoms with Crippen molar-refractivity contribution in [3.05, 3.63) is 0 Å². The summed E-state index contributed by atoms with van der Waals surface area (Å²) in [6, 6.07) is 0.457. The summed E-state index contributed by atoms with van der Waals surface area (Å²) in [5.74, 6) is 6.61. The Hall–Kier alpha value is -1.28. The Morgan fingerprint density at radius 1 is 1.50 bits per heavy atom. The predicted octanol–water partition coefficient (Wildman–Crippen LogP) is 2.57. The van der Waals surface area contributed by atoms with E-state index in [0.717, 1.165) is 30.6 Å². The fourth-order valence-corrected chi connectivity index (χ4v) is 2.68. The number of anilines is 1. The normalized spacial score (nSPS) is 19.2. The minimum atomic E-state index is 0.375. The van der Waals surface area contributed by atoms with Crippen LogP contribution in [0.2, 0.25) is 0 Å². The summed E-state index contributed by atoms with van der Waals surface area (Å²) in [5.41, 5.74) is 0. The zero-order valence-electron chi connectivity index (χ0n) is 11.0. The van der Waals surface area contributed by atoms with Gasteiger partial charge in [0.05, 0.1) is 0 Å². The Labute approximate surface area is 113 Å². The lowest BCUT2D eigenvalue weighted by Crippen LogP contribution is -2.34. The molecule has 1 aromatic rings. The summed E-state index contributed by atoms with van der Waals surface area (Å²) >= 11 is 1.41. The Morgan fingerprint density at radius 2 is 2.39 bits per heavy atom. The second kappa shape index (κ2) is 6.60. The molecule has 0 aromatic carbocycles. The van der Waals surface area contributed by atoms with E-state index in [1.165, 1.54) is 24.4 Å². The molecule has 18 heavy (non-hydrogen) atoms. The highest BCUT2D eigenvalue weighted by molar-refractivity contribution is 7.09. The molecule has 0 bridgehead atoms. The summed E-state index contributed by atoms with van der Waals surface area (Å²) in [6.45, 7) is 6.83. The first-order chi connectivity index (χ1) is 8.79. The number of aromatic nitrogens is 2. The number of hydrogen-bond acceptors (Lipinski definition) is 5. The molecular formula is C13H19N3OS. The fourth-order valence-electron chi connectivity index (χ4n) is 2.03. The zero-order valence-corrected chi connectivity index (χ0v) is 11.8. The van der Waals surface area contributed by atoms with Gasteiger partial charge >= 0.3 is 6.01 Å². The van der Waals surface area contributed by atoms with Crippen LogP contribution in [0.5, 0.6) is 6.01 Å². The number of hydrogen-bond donors (Lipinski definition) is 0. The van der Waals surface area contributed by atoms with Crippen molar-refractivity contribution in [2.24, 2.45) is 5.92 Å². The van der Waals surface area contributed by atoms with Crippen molar-refractivity contribution in [3.63, 3.8) is 0 Å². The number of ether oxygens (including phenoxy) is 1. The number of nitrogens with zero attached hydrogens (tertiary/aromatic N) is 3. The minimum absolute atomic E-state index is 0.375. The summed E-state index contributed by atoms with van der Waals surface area (Å²) in [5, 5.41) is 0.972. The lowest BCUT2D eigenvalue weighted by molar-refractivity contribution is 0.344. The molecule has 1 unspecified atom stereocenters. The van der Waals surface area contributed by atoms with Gasteiger partial charge in [-0.25, -0.2) is 0 Å². The maximum atomic E-state index is 5.39. The van der Waals surface area contributed by atoms with E-state index in [-0.39, 0.29) is 0 Å². The van der Waals surface area contributed by atoms with Crippen molar-refractivity contribution < 1.29 is 4.74 Å². The van der Waals surface area contributed by atoms with E-state index >= 15 is 0 Å². The molecule has 1 atom stereocenters. The first-order valence-electron chi connectivity index (χ1n) is 6.46. The van der Waals surface area contributed by atoms with Crippen molar-refractivity contribution in [2.45, 2.75) is 33.1 Å². The molecule has 98 valence electrons. The number of piperidine rings is 1. The van der Waals surface area contributed by atoms with E-state index < -0.39 is 0 Å². The largest absolute Gasteiger partial charge is 0.450 e. The molecule has 1 aliphatic heterocycles. The maximum Gasteiger partial charge on any atom is 0.331 e. The molecule has 1 fully saturated rings. The molecule has 1 aliphatic rings. The number of rotatable bonds is 3. The third kappa shape index (κ3) is 3.61. The molecule has 0 N–H and O–H groups in total. The first kappa shape index (κ1) is 13.2. The van der Waals surface area contributed by atoms with Gasteiger partial charge in [0.2, 0.25) is 5.13 Å². The van der Waals surface area contributed by atoms with Crippen LogP contribution < -0.4 is 9.64 Å². The highest BCUT2D eigenvalue weighted by Gasteiger charge is 2.19. The average Bonchev–Trinajstić information content (AvgIpc) is 2.83. The minimum Gasteiger partial charge on any atom is -0.450 e. The quantitative estimate of drug-likeness (QED) is 0.787. The predicted molar refractivity (Wildman–Crippen MR) is 74.1 cm³/mol. The van der Waals surface area contributed by atoms with Crippen molar-refractivity contribution in [1.29, 1.82) is 0 Å². The highest BCUT2D eigenvalue weighted by atomic mass is 32.1. The van der Waals surface area contributed by atoms with E-state index in [9.17, 15) is 0 Å². The van der Waals surface area contributed by atoms with Gasteiger partial charge in [0.1, 0.15) is 0 Å². The van der Waals surface area contributed by atoms with E-state index in [2.05, 4.69) is 33.0 Å². The Morgan fingerprint density at radius 3 is 3.17 bits per heavy atom. The third-order valence-electron chi connectivity index (χ3n) is 2.90. The van der Waals surface area contributed by atoms with Crippen LogP contribution in [0.1, 0.15) is 33.1 Å². The summed E-state index contributed by atoms with van der Waals surface area (Å²) in [6.07, 6.45) is 3.40. The summed E-state index contributed by atoms with van der Waals surface area (Å²) in [7, 11) is 0. The molecule has 1 saturated heterocycles. The second-order valence-electron chi connectivity index (χ2n) is 4.55. The lowest BCUT2D eigenvalue weighted by atomic mass is 10.0. The second-order valence-corrected chi connectivity index (χ2v) is 5.28. The van der Waals surface area contributed by atoms with Crippen LogP contribution in [0, 0.1) is 17.8 Å². The maximum absolute atomic E-state index is 5.39. The van der Waals surface area contributed by atoms with Gasteiger partial charge in [0.25, 0.3) is 0 Å². The Kier molecular flexibility index (Phi) is 4.82. The van der Waals surface area contributed by atoms with Gasteiger partial charge < -0.3 is 9.64 Å². The van der Waals surface area contributed by atoms with Gasteiger partial charge in [-0.3, -0.25) is 0 Å². The van der Waals surface area contributed by atoms with Gasteiger partial charge in [0, 0.05) is 31.0 Å². The molecule has 0 saturated carbocycles. The topological polar surface area (TPSA) is 38.2 Å². The van der Waals surface area contributed by atoms with E-state index in [1.54, 1.807) is 0 Å². The van der Waals surface area contributed by atoms with Crippen LogP contribution in [-0.2, 0) is 0 Å². The van der Waals surface area contributed by atoms with E-state index in [4.69, 9.17) is 4.74 Å². The molecule has 0 amide bonds. The van der Waals surface area contributed by atoms with Crippen molar-refractivity contribution >= 4 is 16.7 Å². The summed E-state index contributed by atoms with van der Waals surface area (Å²) in [4.78, 5) is 6.71. The van der Waals surface area contributed by atoms with Gasteiger partial charge in [-0.1, -0.05) is 19.8 Å². The van der Waals surface area contributed by atoms with E-state index in [0.29, 0.717) is 12.6 Å². The van der Waals surface area contributed by atoms with Crippen LogP contribution in [0.15, 0.2) is 0 Å². The Balaban J connectivity index is 1.89. The van der Waals surface area contributed by atoms with Gasteiger partial charge in [-0.15, -0.1) is 10.3 Å². The zero-order chi connectivity index (χ0) is 12.8. The van der Waals surface area contributed by atoms with Crippen molar-refractivity contribution in [1.82, 2.24) is 9.36 Å². The molecular weight excluding hydrogens is 246 g/mol. The summed E-state index contributed by atoms with van der Waals surface area (Å²) < 4.78 is 9.61. The monoisotopic (exact) mass is 265 g/mol. The van der Waals surface area contributed by atoms with Gasteiger partial charge in [0.15, 0.2) is 6.61 Å². The van der Waals surface area contributed by atoms with Crippen molar-refractivity contribution in [3.8, 4) is 17.9 Å². The van der Waals surface area contributed by atoms with Gasteiger partial charge in [-0.05, 0) is 18.8 Å². The first-order valence-corrected chi connectivity index (χ1v) is 7.24. The molecule has 4 nitrogen and oxygen atoms in total. The van der Waals surface area contributed by atoms with Crippen LogP contribution >= 0.6 is 11.5 Å². The standard InChI is InChI=1S/C13H19N3OS/c1-3-4-5-9-17-12-14-13(18-15-12)16-8-6-7-11(2)10-16/h11H,3,6-10H2,1-2H3. The van der Waals surface area contributed by atoms with Crippen LogP contribution in [0.25, 0.3) is 0 Å². The SMILES string of the molecule is CCC#CCOc1nsc(N2CCCC(C)C2)n1. The van der Waals surface area contributed by atoms with Crippen LogP contribution in [0.3, 0.4) is 0 Å². The van der Waals surface area contributed by atoms with Crippen LogP contribution in [0.4, 0.5) is 5.13 Å². The van der Waals surface area contributed by atoms with E-state index in [1.807, 2.05) is 6.92 Å². The Bertz CT molecular complexity index is 435. The average molecular weight is 265 g/mol. The molecule has 5 heteroatoms. The molecule has 1 aromatic heterocycles. The molecule has 0 radical (unpaired) electrons. The van der Waals surface area contributed by atoms with Crippen molar-refractivity contribution in [2.75, 3.05) is 24.6 Å². The molecule has 2 heterocycles. The fraction of sp³-hybridized carbons (Fsp3) is 0.692. The molecule has 0 spiro atoms.